The molecule has 1 aliphatic rings. The Bertz CT molecular complexity index is 451. The fourth-order valence-electron chi connectivity index (χ4n) is 2.74. The minimum atomic E-state index is -0.616. The van der Waals surface area contributed by atoms with Gasteiger partial charge in [0.1, 0.15) is 5.60 Å². The maximum absolute atomic E-state index is 12.6. The van der Waals surface area contributed by atoms with Crippen LogP contribution in [-0.2, 0) is 16.0 Å². The van der Waals surface area contributed by atoms with Crippen LogP contribution < -0.4 is 5.73 Å². The summed E-state index contributed by atoms with van der Waals surface area (Å²) >= 11 is 0. The molecule has 2 N–H and O–H groups in total. The summed E-state index contributed by atoms with van der Waals surface area (Å²) in [5.74, 6) is 0.807. The number of methoxy groups -OCH3 is 1. The molecule has 4 nitrogen and oxygen atoms in total. The Labute approximate surface area is 114 Å². The van der Waals surface area contributed by atoms with E-state index in [0.717, 1.165) is 31.2 Å². The van der Waals surface area contributed by atoms with Gasteiger partial charge in [0.25, 0.3) is 0 Å². The number of ketones is 1. The first-order chi connectivity index (χ1) is 9.07. The molecule has 4 heteroatoms. The van der Waals surface area contributed by atoms with E-state index in [1.165, 1.54) is 0 Å². The molecule has 1 heterocycles. The van der Waals surface area contributed by atoms with Gasteiger partial charge in [-0.05, 0) is 37.7 Å². The molecule has 1 aromatic heterocycles. The number of carbonyl (C=O) groups is 1. The van der Waals surface area contributed by atoms with Crippen molar-refractivity contribution in [1.29, 1.82) is 0 Å². The Morgan fingerprint density at radius 2 is 2.21 bits per heavy atom. The van der Waals surface area contributed by atoms with Gasteiger partial charge in [-0.3, -0.25) is 9.78 Å². The third-order valence-corrected chi connectivity index (χ3v) is 4.27. The van der Waals surface area contributed by atoms with Gasteiger partial charge >= 0.3 is 0 Å². The highest BCUT2D eigenvalue weighted by atomic mass is 16.5. The van der Waals surface area contributed by atoms with E-state index in [1.54, 1.807) is 25.6 Å². The van der Waals surface area contributed by atoms with Crippen LogP contribution in [0, 0.1) is 5.92 Å². The van der Waals surface area contributed by atoms with Crippen LogP contribution in [0.1, 0.15) is 38.2 Å². The zero-order chi connectivity index (χ0) is 13.9. The number of hydrogen-bond acceptors (Lipinski definition) is 4. The molecule has 0 bridgehead atoms. The van der Waals surface area contributed by atoms with Crippen molar-refractivity contribution in [1.82, 2.24) is 4.98 Å². The highest BCUT2D eigenvalue weighted by Gasteiger charge is 2.40. The lowest BCUT2D eigenvalue weighted by molar-refractivity contribution is -0.145. The molecule has 0 aromatic carbocycles. The molecule has 0 unspecified atom stereocenters. The predicted molar refractivity (Wildman–Crippen MR) is 74.7 cm³/mol. The molecule has 2 rings (SSSR count). The average Bonchev–Trinajstić information content (AvgIpc) is 2.42. The van der Waals surface area contributed by atoms with Gasteiger partial charge in [0.2, 0.25) is 0 Å². The Hall–Kier alpha value is -1.42. The summed E-state index contributed by atoms with van der Waals surface area (Å²) in [6.45, 7) is 2.23. The number of nitrogens with two attached hydrogens (primary N) is 1. The van der Waals surface area contributed by atoms with Crippen molar-refractivity contribution in [3.63, 3.8) is 0 Å². The molecule has 1 aromatic rings. The number of nitrogens with zero attached hydrogens (tertiary/aromatic N) is 1. The Kier molecular flexibility index (Phi) is 4.20. The van der Waals surface area contributed by atoms with Crippen LogP contribution >= 0.6 is 0 Å². The highest BCUT2D eigenvalue weighted by molar-refractivity contribution is 5.90. The van der Waals surface area contributed by atoms with E-state index in [-0.39, 0.29) is 5.78 Å². The van der Waals surface area contributed by atoms with E-state index in [0.29, 0.717) is 18.0 Å². The smallest absolute Gasteiger partial charge is 0.169 e. The highest BCUT2D eigenvalue weighted by Crippen LogP contribution is 2.36. The molecule has 0 radical (unpaired) electrons. The van der Waals surface area contributed by atoms with Crippen LogP contribution in [0.3, 0.4) is 0 Å². The van der Waals surface area contributed by atoms with Gasteiger partial charge in [-0.1, -0.05) is 6.92 Å². The number of carbonyl (C=O) groups excluding carboxylic acids is 1. The third kappa shape index (κ3) is 2.95. The lowest BCUT2D eigenvalue weighted by Crippen LogP contribution is -2.44. The first-order valence-electron chi connectivity index (χ1n) is 6.84. The summed E-state index contributed by atoms with van der Waals surface area (Å²) in [5.41, 5.74) is 6.67. The van der Waals surface area contributed by atoms with Gasteiger partial charge in [-0.15, -0.1) is 0 Å². The second-order valence-electron chi connectivity index (χ2n) is 5.56. The molecule has 0 spiro atoms. The largest absolute Gasteiger partial charge is 0.398 e. The summed E-state index contributed by atoms with van der Waals surface area (Å²) in [4.78, 5) is 16.6. The molecular weight excluding hydrogens is 240 g/mol. The van der Waals surface area contributed by atoms with E-state index in [9.17, 15) is 4.79 Å². The van der Waals surface area contributed by atoms with E-state index in [1.807, 2.05) is 0 Å². The van der Waals surface area contributed by atoms with Crippen LogP contribution in [-0.4, -0.2) is 23.5 Å². The molecular formula is C15H22N2O2. The second kappa shape index (κ2) is 5.70. The van der Waals surface area contributed by atoms with Crippen LogP contribution in [0.5, 0.6) is 0 Å². The molecule has 0 saturated heterocycles. The van der Waals surface area contributed by atoms with Crippen molar-refractivity contribution >= 4 is 11.5 Å². The number of rotatable bonds is 4. The lowest BCUT2D eigenvalue weighted by Gasteiger charge is -2.37. The van der Waals surface area contributed by atoms with Crippen molar-refractivity contribution in [2.24, 2.45) is 5.92 Å². The van der Waals surface area contributed by atoms with Gasteiger partial charge in [-0.2, -0.15) is 0 Å². The Balaban J connectivity index is 2.12. The monoisotopic (exact) mass is 262 g/mol. The number of nitrogen functional groups attached to an aromatic ring is 1. The second-order valence-corrected chi connectivity index (χ2v) is 5.56. The Morgan fingerprint density at radius 1 is 1.53 bits per heavy atom. The molecule has 1 aliphatic carbocycles. The van der Waals surface area contributed by atoms with Crippen molar-refractivity contribution < 1.29 is 9.53 Å². The zero-order valence-corrected chi connectivity index (χ0v) is 11.7. The van der Waals surface area contributed by atoms with E-state index >= 15 is 0 Å². The maximum Gasteiger partial charge on any atom is 0.169 e. The van der Waals surface area contributed by atoms with E-state index in [2.05, 4.69) is 11.9 Å². The molecule has 19 heavy (non-hydrogen) atoms. The molecule has 1 saturated carbocycles. The van der Waals surface area contributed by atoms with Gasteiger partial charge in [-0.25, -0.2) is 0 Å². The first kappa shape index (κ1) is 14.0. The molecule has 0 amide bonds. The first-order valence-corrected chi connectivity index (χ1v) is 6.84. The lowest BCUT2D eigenvalue weighted by atomic mass is 9.76. The quantitative estimate of drug-likeness (QED) is 0.904. The summed E-state index contributed by atoms with van der Waals surface area (Å²) in [5, 5.41) is 0. The topological polar surface area (TPSA) is 65.2 Å². The summed E-state index contributed by atoms with van der Waals surface area (Å²) in [6.07, 6.45) is 7.32. The van der Waals surface area contributed by atoms with Crippen molar-refractivity contribution in [2.75, 3.05) is 12.8 Å². The minimum Gasteiger partial charge on any atom is -0.398 e. The third-order valence-electron chi connectivity index (χ3n) is 4.27. The number of aromatic nitrogens is 1. The minimum absolute atomic E-state index is 0.126. The van der Waals surface area contributed by atoms with Crippen LogP contribution in [0.2, 0.25) is 0 Å². The van der Waals surface area contributed by atoms with Crippen molar-refractivity contribution in [3.05, 3.63) is 24.0 Å². The summed E-state index contributed by atoms with van der Waals surface area (Å²) < 4.78 is 5.59. The Morgan fingerprint density at radius 3 is 2.79 bits per heavy atom. The summed E-state index contributed by atoms with van der Waals surface area (Å²) in [6, 6.07) is 1.73. The maximum atomic E-state index is 12.6. The molecule has 104 valence electrons. The van der Waals surface area contributed by atoms with Crippen LogP contribution in [0.4, 0.5) is 5.69 Å². The van der Waals surface area contributed by atoms with Gasteiger partial charge in [0.05, 0.1) is 0 Å². The van der Waals surface area contributed by atoms with Crippen molar-refractivity contribution in [2.45, 2.75) is 44.6 Å². The normalized spacial score (nSPS) is 27.2. The fourth-order valence-corrected chi connectivity index (χ4v) is 2.74. The van der Waals surface area contributed by atoms with E-state index < -0.39 is 5.60 Å². The van der Waals surface area contributed by atoms with E-state index in [4.69, 9.17) is 10.5 Å². The van der Waals surface area contributed by atoms with Gasteiger partial charge in [0.15, 0.2) is 5.78 Å². The van der Waals surface area contributed by atoms with Crippen LogP contribution in [0.25, 0.3) is 0 Å². The molecule has 0 aliphatic heterocycles. The van der Waals surface area contributed by atoms with Crippen molar-refractivity contribution in [3.8, 4) is 0 Å². The predicted octanol–water partition coefficient (Wildman–Crippen LogP) is 2.37. The standard InChI is InChI=1S/C15H22N2O2/c1-11-3-6-15(19-2,7-4-11)14(18)9-12-10-17-8-5-13(12)16/h5,8,10-11H,3-4,6-7,9H2,1-2H3,(H2,16,17). The average molecular weight is 262 g/mol. The van der Waals surface area contributed by atoms with Gasteiger partial charge in [0, 0.05) is 37.2 Å². The number of pyridine rings is 1. The number of Topliss-reactive ketones (excluding diaryl/α,β-unsaturated/α-hetero) is 1. The zero-order valence-electron chi connectivity index (χ0n) is 11.7. The summed E-state index contributed by atoms with van der Waals surface area (Å²) in [7, 11) is 1.64. The fraction of sp³-hybridized carbons (Fsp3) is 0.600. The molecule has 1 fully saturated rings. The number of hydrogen-bond donors (Lipinski definition) is 1. The van der Waals surface area contributed by atoms with Gasteiger partial charge < -0.3 is 10.5 Å². The SMILES string of the molecule is COC1(C(=O)Cc2cnccc2N)CCC(C)CC1. The number of anilines is 1. The number of ether oxygens (including phenoxy) is 1. The molecule has 0 atom stereocenters. The van der Waals surface area contributed by atoms with Crippen LogP contribution in [0.15, 0.2) is 18.5 Å².